The fourth-order valence-electron chi connectivity index (χ4n) is 0. The Morgan fingerprint density at radius 2 is 1.25 bits per heavy atom. The van der Waals surface area contributed by atoms with E-state index in [1.165, 1.54) is 0 Å². The SMILES string of the molecule is S/C=C\S. The second-order valence-corrected chi connectivity index (χ2v) is 0.894. The summed E-state index contributed by atoms with van der Waals surface area (Å²) in [5.41, 5.74) is 0. The molecule has 4 heavy (non-hydrogen) atoms. The molecule has 0 nitrogen and oxygen atoms in total. The van der Waals surface area contributed by atoms with Gasteiger partial charge in [0.2, 0.25) is 0 Å². The Kier molecular flexibility index (Phi) is 3.82. The van der Waals surface area contributed by atoms with Crippen LogP contribution in [0.4, 0.5) is 0 Å². The summed E-state index contributed by atoms with van der Waals surface area (Å²) < 4.78 is 0. The van der Waals surface area contributed by atoms with Crippen LogP contribution in [0.15, 0.2) is 10.8 Å². The minimum atomic E-state index is 1.56. The second-order valence-electron chi connectivity index (χ2n) is 0.298. The first-order chi connectivity index (χ1) is 1.91. The molecule has 0 aliphatic heterocycles. The van der Waals surface area contributed by atoms with Gasteiger partial charge in [-0.05, 0) is 10.8 Å². The molecule has 2 heteroatoms. The Morgan fingerprint density at radius 1 is 1.00 bits per heavy atom. The van der Waals surface area contributed by atoms with Crippen LogP contribution in [0.2, 0.25) is 0 Å². The van der Waals surface area contributed by atoms with Gasteiger partial charge in [-0.25, -0.2) is 0 Å². The quantitative estimate of drug-likeness (QED) is 0.414. The Labute approximate surface area is 36.7 Å². The molecule has 0 bridgehead atoms. The third kappa shape index (κ3) is 2.44. The molecule has 0 spiro atoms. The third-order valence-corrected chi connectivity index (χ3v) is 0.600. The molecule has 0 aliphatic rings. The lowest BCUT2D eigenvalue weighted by molar-refractivity contribution is 2.61. The topological polar surface area (TPSA) is 0 Å². The summed E-state index contributed by atoms with van der Waals surface area (Å²) in [6, 6.07) is 0. The maximum Gasteiger partial charge on any atom is -0.0264 e. The zero-order chi connectivity index (χ0) is 3.41. The van der Waals surface area contributed by atoms with Crippen molar-refractivity contribution in [2.45, 2.75) is 0 Å². The van der Waals surface area contributed by atoms with Crippen molar-refractivity contribution in [2.24, 2.45) is 0 Å². The predicted molar refractivity (Wildman–Crippen MR) is 27.1 cm³/mol. The first kappa shape index (κ1) is 4.44. The lowest BCUT2D eigenvalue weighted by Gasteiger charge is -1.48. The van der Waals surface area contributed by atoms with Gasteiger partial charge in [-0.15, -0.1) is 0 Å². The summed E-state index contributed by atoms with van der Waals surface area (Å²) >= 11 is 7.33. The molecular weight excluding hydrogens is 88.2 g/mol. The van der Waals surface area contributed by atoms with Gasteiger partial charge in [0.05, 0.1) is 0 Å². The van der Waals surface area contributed by atoms with Crippen LogP contribution in [0, 0.1) is 0 Å². The summed E-state index contributed by atoms with van der Waals surface area (Å²) in [6.07, 6.45) is 0. The Bertz CT molecular complexity index is 19.2. The second kappa shape index (κ2) is 3.44. The van der Waals surface area contributed by atoms with E-state index in [-0.39, 0.29) is 0 Å². The molecule has 0 saturated heterocycles. The van der Waals surface area contributed by atoms with Gasteiger partial charge >= 0.3 is 0 Å². The van der Waals surface area contributed by atoms with E-state index in [0.29, 0.717) is 0 Å². The van der Waals surface area contributed by atoms with Crippen LogP contribution in [0.1, 0.15) is 0 Å². The third-order valence-electron chi connectivity index (χ3n) is 0.0667. The van der Waals surface area contributed by atoms with Gasteiger partial charge in [0, 0.05) is 0 Å². The molecule has 0 aromatic carbocycles. The molecule has 0 rings (SSSR count). The number of hydrogen-bond acceptors (Lipinski definition) is 2. The van der Waals surface area contributed by atoms with Gasteiger partial charge in [0.25, 0.3) is 0 Å². The standard InChI is InChI=1S/C2H4S2/c3-1-2-4/h1-4H/b2-1-. The molecule has 0 unspecified atom stereocenters. The first-order valence-corrected chi connectivity index (χ1v) is 1.88. The van der Waals surface area contributed by atoms with Gasteiger partial charge in [-0.1, -0.05) is 0 Å². The first-order valence-electron chi connectivity index (χ1n) is 0.850. The van der Waals surface area contributed by atoms with Gasteiger partial charge in [-0.3, -0.25) is 0 Å². The molecule has 0 radical (unpaired) electrons. The molecule has 24 valence electrons. The van der Waals surface area contributed by atoms with Crippen molar-refractivity contribution in [3.63, 3.8) is 0 Å². The van der Waals surface area contributed by atoms with E-state index in [0.717, 1.165) is 0 Å². The Morgan fingerprint density at radius 3 is 1.25 bits per heavy atom. The molecule has 0 atom stereocenters. The van der Waals surface area contributed by atoms with Crippen LogP contribution in [0.3, 0.4) is 0 Å². The number of thiol groups is 2. The number of rotatable bonds is 0. The van der Waals surface area contributed by atoms with Crippen LogP contribution < -0.4 is 0 Å². The Balaban J connectivity index is 2.55. The average Bonchev–Trinajstić information content (AvgIpc) is 1.37. The molecule has 0 amide bonds. The monoisotopic (exact) mass is 92.0 g/mol. The van der Waals surface area contributed by atoms with Crippen LogP contribution >= 0.6 is 25.3 Å². The minimum absolute atomic E-state index is 1.56. The van der Waals surface area contributed by atoms with Crippen LogP contribution in [0.25, 0.3) is 0 Å². The van der Waals surface area contributed by atoms with E-state index in [1.807, 2.05) is 0 Å². The van der Waals surface area contributed by atoms with Crippen molar-refractivity contribution in [3.05, 3.63) is 10.8 Å². The normalized spacial score (nSPS) is 9.50. The number of hydrogen-bond donors (Lipinski definition) is 2. The van der Waals surface area contributed by atoms with Crippen molar-refractivity contribution < 1.29 is 0 Å². The maximum atomic E-state index is 3.66. The molecule has 0 N–H and O–H groups in total. The van der Waals surface area contributed by atoms with Crippen molar-refractivity contribution in [3.8, 4) is 0 Å². The Hall–Kier alpha value is 0.440. The fourth-order valence-corrected chi connectivity index (χ4v) is 0. The summed E-state index contributed by atoms with van der Waals surface area (Å²) in [6.45, 7) is 0. The molecule has 0 aliphatic carbocycles. The molecule has 0 fully saturated rings. The lowest BCUT2D eigenvalue weighted by Crippen LogP contribution is -1.12. The van der Waals surface area contributed by atoms with Crippen molar-refractivity contribution in [1.29, 1.82) is 0 Å². The summed E-state index contributed by atoms with van der Waals surface area (Å²) in [5, 5.41) is 3.12. The van der Waals surface area contributed by atoms with Gasteiger partial charge in [0.15, 0.2) is 0 Å². The highest BCUT2D eigenvalue weighted by molar-refractivity contribution is 7.87. The van der Waals surface area contributed by atoms with Crippen LogP contribution in [0.5, 0.6) is 0 Å². The highest BCUT2D eigenvalue weighted by Gasteiger charge is 1.35. The zero-order valence-corrected chi connectivity index (χ0v) is 3.84. The lowest BCUT2D eigenvalue weighted by atomic mass is 11.3. The smallest absolute Gasteiger partial charge is 0.0264 e. The van der Waals surface area contributed by atoms with Crippen LogP contribution in [-0.2, 0) is 0 Å². The highest BCUT2D eigenvalue weighted by Crippen LogP contribution is 1.76. The maximum absolute atomic E-state index is 3.66. The summed E-state index contributed by atoms with van der Waals surface area (Å²) in [4.78, 5) is 0. The van der Waals surface area contributed by atoms with E-state index >= 15 is 0 Å². The van der Waals surface area contributed by atoms with E-state index in [1.54, 1.807) is 10.8 Å². The largest absolute Gasteiger partial charge is 0.151 e. The molecular formula is C2H4S2. The van der Waals surface area contributed by atoms with E-state index < -0.39 is 0 Å². The highest BCUT2D eigenvalue weighted by atomic mass is 32.1. The predicted octanol–water partition coefficient (Wildman–Crippen LogP) is 1.32. The van der Waals surface area contributed by atoms with Crippen molar-refractivity contribution in [2.75, 3.05) is 0 Å². The van der Waals surface area contributed by atoms with Crippen molar-refractivity contribution in [1.82, 2.24) is 0 Å². The molecule has 0 aromatic rings. The average molecular weight is 92.2 g/mol. The zero-order valence-electron chi connectivity index (χ0n) is 2.05. The van der Waals surface area contributed by atoms with E-state index in [4.69, 9.17) is 0 Å². The molecule has 0 saturated carbocycles. The minimum Gasteiger partial charge on any atom is -0.151 e. The molecule has 0 aromatic heterocycles. The van der Waals surface area contributed by atoms with E-state index in [9.17, 15) is 0 Å². The van der Waals surface area contributed by atoms with Gasteiger partial charge in [0.1, 0.15) is 0 Å². The fraction of sp³-hybridized carbons (Fsp3) is 0. The van der Waals surface area contributed by atoms with Gasteiger partial charge in [-0.2, -0.15) is 25.3 Å². The molecule has 0 heterocycles. The summed E-state index contributed by atoms with van der Waals surface area (Å²) in [5.74, 6) is 0. The summed E-state index contributed by atoms with van der Waals surface area (Å²) in [7, 11) is 0. The van der Waals surface area contributed by atoms with E-state index in [2.05, 4.69) is 25.3 Å². The van der Waals surface area contributed by atoms with Crippen LogP contribution in [-0.4, -0.2) is 0 Å². The van der Waals surface area contributed by atoms with Gasteiger partial charge < -0.3 is 0 Å². The van der Waals surface area contributed by atoms with Crippen molar-refractivity contribution >= 4 is 25.3 Å².